The quantitative estimate of drug-likeness (QED) is 0.875. The summed E-state index contributed by atoms with van der Waals surface area (Å²) in [4.78, 5) is 12.3. The smallest absolute Gasteiger partial charge is 0.233 e. The van der Waals surface area contributed by atoms with Crippen molar-refractivity contribution in [2.24, 2.45) is 0 Å². The van der Waals surface area contributed by atoms with Gasteiger partial charge >= 0.3 is 0 Å². The average molecular weight is 305 g/mol. The van der Waals surface area contributed by atoms with Crippen LogP contribution in [-0.2, 0) is 10.5 Å². The number of rotatable bonds is 5. The predicted molar refractivity (Wildman–Crippen MR) is 91.7 cm³/mol. The van der Waals surface area contributed by atoms with E-state index in [1.165, 1.54) is 36.0 Å². The van der Waals surface area contributed by atoms with Crippen LogP contribution < -0.4 is 5.32 Å². The molecule has 1 aromatic carbocycles. The van der Waals surface area contributed by atoms with Gasteiger partial charge in [-0.3, -0.25) is 4.79 Å². The largest absolute Gasteiger partial charge is 0.352 e. The maximum atomic E-state index is 12.3. The van der Waals surface area contributed by atoms with Crippen molar-refractivity contribution >= 4 is 17.7 Å². The van der Waals surface area contributed by atoms with Crippen LogP contribution in [0.4, 0.5) is 0 Å². The summed E-state index contributed by atoms with van der Waals surface area (Å²) in [5.74, 6) is 1.12. The fourth-order valence-corrected chi connectivity index (χ4v) is 3.77. The number of thioether (sulfide) groups is 1. The molecule has 21 heavy (non-hydrogen) atoms. The number of amides is 1. The number of hydrogen-bond acceptors (Lipinski definition) is 2. The zero-order valence-corrected chi connectivity index (χ0v) is 14.3. The maximum absolute atomic E-state index is 12.3. The molecule has 1 amide bonds. The summed E-state index contributed by atoms with van der Waals surface area (Å²) in [5.41, 5.74) is 3.95. The summed E-state index contributed by atoms with van der Waals surface area (Å²) in [6, 6.07) is 6.95. The Kier molecular flexibility index (Phi) is 6.16. The summed E-state index contributed by atoms with van der Waals surface area (Å²) in [6.45, 7) is 6.28. The van der Waals surface area contributed by atoms with Crippen molar-refractivity contribution in [3.63, 3.8) is 0 Å². The minimum absolute atomic E-state index is 0.0202. The maximum Gasteiger partial charge on any atom is 0.233 e. The first-order valence-corrected chi connectivity index (χ1v) is 9.09. The number of aryl methyl sites for hydroxylation is 2. The molecular formula is C18H27NOS. The number of carbonyl (C=O) groups excluding carboxylic acids is 1. The lowest BCUT2D eigenvalue weighted by Crippen LogP contribution is -2.40. The summed E-state index contributed by atoms with van der Waals surface area (Å²) < 4.78 is 0. The molecule has 1 N–H and O–H groups in total. The van der Waals surface area contributed by atoms with Crippen molar-refractivity contribution in [3.05, 3.63) is 34.9 Å². The van der Waals surface area contributed by atoms with Gasteiger partial charge in [-0.2, -0.15) is 0 Å². The van der Waals surface area contributed by atoms with Crippen molar-refractivity contribution in [3.8, 4) is 0 Å². The van der Waals surface area contributed by atoms with Crippen LogP contribution in [0.3, 0.4) is 0 Å². The first-order chi connectivity index (χ1) is 10.1. The van der Waals surface area contributed by atoms with Crippen LogP contribution in [0.1, 0.15) is 55.7 Å². The van der Waals surface area contributed by atoms with Crippen molar-refractivity contribution in [2.45, 2.75) is 69.9 Å². The monoisotopic (exact) mass is 305 g/mol. The van der Waals surface area contributed by atoms with Gasteiger partial charge in [0.2, 0.25) is 5.91 Å². The molecular weight excluding hydrogens is 278 g/mol. The van der Waals surface area contributed by atoms with Crippen molar-refractivity contribution in [2.75, 3.05) is 0 Å². The van der Waals surface area contributed by atoms with Gasteiger partial charge in [0, 0.05) is 11.8 Å². The molecule has 1 aliphatic carbocycles. The Hall–Kier alpha value is -0.960. The standard InChI is InChI=1S/C18H27NOS/c1-13-9-10-14(2)16(11-13)12-21-15(3)18(20)19-17-7-5-4-6-8-17/h9-11,15,17H,4-8,12H2,1-3H3,(H,19,20). The van der Waals surface area contributed by atoms with Gasteiger partial charge in [0.1, 0.15) is 0 Å². The first-order valence-electron chi connectivity index (χ1n) is 8.04. The molecule has 0 aliphatic heterocycles. The van der Waals surface area contributed by atoms with Crippen LogP contribution in [-0.4, -0.2) is 17.2 Å². The minimum Gasteiger partial charge on any atom is -0.352 e. The molecule has 1 aromatic rings. The van der Waals surface area contributed by atoms with E-state index in [0.29, 0.717) is 6.04 Å². The molecule has 1 aliphatic rings. The van der Waals surface area contributed by atoms with Gasteiger partial charge in [-0.05, 0) is 44.7 Å². The van der Waals surface area contributed by atoms with E-state index in [2.05, 4.69) is 37.4 Å². The highest BCUT2D eigenvalue weighted by Crippen LogP contribution is 2.23. The highest BCUT2D eigenvalue weighted by molar-refractivity contribution is 7.99. The second-order valence-corrected chi connectivity index (χ2v) is 7.56. The topological polar surface area (TPSA) is 29.1 Å². The molecule has 1 fully saturated rings. The Bertz CT molecular complexity index is 480. The second kappa shape index (κ2) is 7.88. The van der Waals surface area contributed by atoms with Crippen LogP contribution in [0.25, 0.3) is 0 Å². The van der Waals surface area contributed by atoms with Crippen LogP contribution in [0, 0.1) is 13.8 Å². The fraction of sp³-hybridized carbons (Fsp3) is 0.611. The predicted octanol–water partition coefficient (Wildman–Crippen LogP) is 4.37. The van der Waals surface area contributed by atoms with Crippen LogP contribution in [0.15, 0.2) is 18.2 Å². The molecule has 1 saturated carbocycles. The average Bonchev–Trinajstić information content (AvgIpc) is 2.49. The summed E-state index contributed by atoms with van der Waals surface area (Å²) in [7, 11) is 0. The lowest BCUT2D eigenvalue weighted by Gasteiger charge is -2.24. The molecule has 2 nitrogen and oxygen atoms in total. The Morgan fingerprint density at radius 3 is 2.71 bits per heavy atom. The number of benzene rings is 1. The Morgan fingerprint density at radius 2 is 2.00 bits per heavy atom. The Labute approximate surface area is 133 Å². The van der Waals surface area contributed by atoms with Crippen molar-refractivity contribution in [1.82, 2.24) is 5.32 Å². The van der Waals surface area contributed by atoms with Gasteiger partial charge < -0.3 is 5.32 Å². The van der Waals surface area contributed by atoms with E-state index in [1.54, 1.807) is 11.8 Å². The van der Waals surface area contributed by atoms with E-state index in [4.69, 9.17) is 0 Å². The van der Waals surface area contributed by atoms with Crippen molar-refractivity contribution < 1.29 is 4.79 Å². The lowest BCUT2D eigenvalue weighted by atomic mass is 9.95. The van der Waals surface area contributed by atoms with E-state index in [1.807, 2.05) is 6.92 Å². The van der Waals surface area contributed by atoms with Gasteiger partial charge in [-0.1, -0.05) is 43.0 Å². The van der Waals surface area contributed by atoms with E-state index in [0.717, 1.165) is 18.6 Å². The third kappa shape index (κ3) is 5.06. The van der Waals surface area contributed by atoms with Crippen LogP contribution in [0.5, 0.6) is 0 Å². The molecule has 0 spiro atoms. The first kappa shape index (κ1) is 16.4. The highest BCUT2D eigenvalue weighted by atomic mass is 32.2. The molecule has 1 atom stereocenters. The number of carbonyl (C=O) groups is 1. The van der Waals surface area contributed by atoms with Crippen molar-refractivity contribution in [1.29, 1.82) is 0 Å². The van der Waals surface area contributed by atoms with Gasteiger partial charge in [0.05, 0.1) is 5.25 Å². The molecule has 0 bridgehead atoms. The zero-order valence-electron chi connectivity index (χ0n) is 13.4. The van der Waals surface area contributed by atoms with E-state index < -0.39 is 0 Å². The van der Waals surface area contributed by atoms with Crippen LogP contribution >= 0.6 is 11.8 Å². The normalized spacial score (nSPS) is 17.5. The molecule has 2 rings (SSSR count). The summed E-state index contributed by atoms with van der Waals surface area (Å²) in [6.07, 6.45) is 6.15. The third-order valence-corrected chi connectivity index (χ3v) is 5.51. The van der Waals surface area contributed by atoms with Crippen LogP contribution in [0.2, 0.25) is 0 Å². The van der Waals surface area contributed by atoms with Gasteiger partial charge in [-0.15, -0.1) is 11.8 Å². The van der Waals surface area contributed by atoms with E-state index >= 15 is 0 Å². The molecule has 0 radical (unpaired) electrons. The lowest BCUT2D eigenvalue weighted by molar-refractivity contribution is -0.121. The number of nitrogens with one attached hydrogen (secondary N) is 1. The third-order valence-electron chi connectivity index (χ3n) is 4.31. The second-order valence-electron chi connectivity index (χ2n) is 6.23. The molecule has 0 saturated heterocycles. The van der Waals surface area contributed by atoms with Gasteiger partial charge in [0.15, 0.2) is 0 Å². The minimum atomic E-state index is 0.0202. The number of hydrogen-bond donors (Lipinski definition) is 1. The molecule has 116 valence electrons. The Morgan fingerprint density at radius 1 is 1.29 bits per heavy atom. The summed E-state index contributed by atoms with van der Waals surface area (Å²) >= 11 is 1.74. The molecule has 1 unspecified atom stereocenters. The molecule has 3 heteroatoms. The SMILES string of the molecule is Cc1ccc(C)c(CSC(C)C(=O)NC2CCCCC2)c1. The van der Waals surface area contributed by atoms with E-state index in [9.17, 15) is 4.79 Å². The van der Waals surface area contributed by atoms with Gasteiger partial charge in [-0.25, -0.2) is 0 Å². The Balaban J connectivity index is 1.81. The van der Waals surface area contributed by atoms with Gasteiger partial charge in [0.25, 0.3) is 0 Å². The molecule has 0 aromatic heterocycles. The summed E-state index contributed by atoms with van der Waals surface area (Å²) in [5, 5.41) is 3.24. The highest BCUT2D eigenvalue weighted by Gasteiger charge is 2.19. The zero-order chi connectivity index (χ0) is 15.2. The van der Waals surface area contributed by atoms with E-state index in [-0.39, 0.29) is 11.2 Å². The fourth-order valence-electron chi connectivity index (χ4n) is 2.81. The molecule has 0 heterocycles.